The van der Waals surface area contributed by atoms with Crippen LogP contribution in [-0.4, -0.2) is 24.2 Å². The highest BCUT2D eigenvalue weighted by atomic mass is 16.3. The number of amides is 1. The van der Waals surface area contributed by atoms with Crippen LogP contribution >= 0.6 is 0 Å². The molecule has 0 heterocycles. The Labute approximate surface area is 91.9 Å². The van der Waals surface area contributed by atoms with E-state index in [0.29, 0.717) is 6.54 Å². The highest BCUT2D eigenvalue weighted by Crippen LogP contribution is 2.05. The summed E-state index contributed by atoms with van der Waals surface area (Å²) < 4.78 is 0. The number of hydrogen-bond donors (Lipinski definition) is 2. The van der Waals surface area contributed by atoms with Gasteiger partial charge in [0, 0.05) is 12.6 Å². The third-order valence-corrected chi connectivity index (χ3v) is 1.88. The molecule has 3 heteroatoms. The number of nitrogens with one attached hydrogen (secondary N) is 1. The zero-order chi connectivity index (χ0) is 11.7. The number of rotatable bonds is 6. The Bertz CT molecular complexity index is 250. The minimum atomic E-state index is -0.126. The molecule has 1 amide bonds. The van der Waals surface area contributed by atoms with Crippen LogP contribution in [-0.2, 0) is 4.79 Å². The molecule has 0 rings (SSSR count). The molecule has 0 aromatic carbocycles. The van der Waals surface area contributed by atoms with Crippen LogP contribution in [0.4, 0.5) is 0 Å². The van der Waals surface area contributed by atoms with Crippen molar-refractivity contribution in [2.24, 2.45) is 0 Å². The molecule has 0 aliphatic carbocycles. The van der Waals surface area contributed by atoms with Gasteiger partial charge in [-0.2, -0.15) is 0 Å². The van der Waals surface area contributed by atoms with Gasteiger partial charge in [-0.25, -0.2) is 0 Å². The van der Waals surface area contributed by atoms with Gasteiger partial charge in [0.2, 0.25) is 5.91 Å². The second-order valence-electron chi connectivity index (χ2n) is 3.83. The van der Waals surface area contributed by atoms with E-state index < -0.39 is 0 Å². The molecule has 0 bridgehead atoms. The number of carbonyl (C=O) groups is 1. The second kappa shape index (κ2) is 8.24. The van der Waals surface area contributed by atoms with E-state index in [-0.39, 0.29) is 12.5 Å². The van der Waals surface area contributed by atoms with Gasteiger partial charge in [-0.15, -0.1) is 0 Å². The van der Waals surface area contributed by atoms with Crippen LogP contribution in [0.3, 0.4) is 0 Å². The van der Waals surface area contributed by atoms with Crippen LogP contribution in [0.1, 0.15) is 33.6 Å². The van der Waals surface area contributed by atoms with E-state index in [2.05, 4.69) is 25.2 Å². The summed E-state index contributed by atoms with van der Waals surface area (Å²) in [5.41, 5.74) is 2.36. The van der Waals surface area contributed by atoms with Gasteiger partial charge in [0.15, 0.2) is 0 Å². The van der Waals surface area contributed by atoms with E-state index in [1.165, 1.54) is 5.57 Å². The fraction of sp³-hybridized carbons (Fsp3) is 0.583. The third kappa shape index (κ3) is 9.22. The lowest BCUT2D eigenvalue weighted by Crippen LogP contribution is -2.24. The van der Waals surface area contributed by atoms with Gasteiger partial charge in [0.05, 0.1) is 6.61 Å². The molecule has 3 nitrogen and oxygen atoms in total. The average Bonchev–Trinajstić information content (AvgIpc) is 2.14. The topological polar surface area (TPSA) is 49.3 Å². The average molecular weight is 211 g/mol. The van der Waals surface area contributed by atoms with Gasteiger partial charge in [-0.1, -0.05) is 17.2 Å². The standard InChI is InChI=1S/C12H21NO2/c1-10(2)5-4-6-11(3)9-12(15)13-7-8-14/h5,9,14H,4,6-8H2,1-3H3,(H,13,15). The van der Waals surface area contributed by atoms with Crippen LogP contribution in [0, 0.1) is 0 Å². The van der Waals surface area contributed by atoms with E-state index in [1.807, 2.05) is 6.92 Å². The molecule has 0 aliphatic rings. The molecule has 0 radical (unpaired) electrons. The largest absolute Gasteiger partial charge is 0.395 e. The van der Waals surface area contributed by atoms with Crippen molar-refractivity contribution >= 4 is 5.91 Å². The van der Waals surface area contributed by atoms with Crippen LogP contribution in [0.5, 0.6) is 0 Å². The highest BCUT2D eigenvalue weighted by Gasteiger charge is 1.96. The minimum Gasteiger partial charge on any atom is -0.395 e. The first-order chi connectivity index (χ1) is 7.06. The Morgan fingerprint density at radius 2 is 2.00 bits per heavy atom. The van der Waals surface area contributed by atoms with Crippen LogP contribution in [0.15, 0.2) is 23.3 Å². The summed E-state index contributed by atoms with van der Waals surface area (Å²) in [6.45, 7) is 6.37. The summed E-state index contributed by atoms with van der Waals surface area (Å²) in [4.78, 5) is 11.2. The highest BCUT2D eigenvalue weighted by molar-refractivity contribution is 5.88. The molecule has 86 valence electrons. The maximum Gasteiger partial charge on any atom is 0.244 e. The Kier molecular flexibility index (Phi) is 7.64. The molecular weight excluding hydrogens is 190 g/mol. The van der Waals surface area contributed by atoms with Crippen molar-refractivity contribution in [2.45, 2.75) is 33.6 Å². The van der Waals surface area contributed by atoms with Gasteiger partial charge in [-0.05, 0) is 33.6 Å². The normalized spacial score (nSPS) is 11.1. The fourth-order valence-corrected chi connectivity index (χ4v) is 1.11. The molecule has 0 spiro atoms. The molecule has 15 heavy (non-hydrogen) atoms. The number of aliphatic hydroxyl groups is 1. The van der Waals surface area contributed by atoms with Crippen molar-refractivity contribution in [1.29, 1.82) is 0 Å². The zero-order valence-electron chi connectivity index (χ0n) is 9.84. The van der Waals surface area contributed by atoms with Gasteiger partial charge >= 0.3 is 0 Å². The lowest BCUT2D eigenvalue weighted by molar-refractivity contribution is -0.116. The Morgan fingerprint density at radius 1 is 1.33 bits per heavy atom. The molecule has 0 aromatic rings. The lowest BCUT2D eigenvalue weighted by Gasteiger charge is -2.01. The molecule has 0 fully saturated rings. The van der Waals surface area contributed by atoms with Gasteiger partial charge in [-0.3, -0.25) is 4.79 Å². The minimum absolute atomic E-state index is 0.0175. The Morgan fingerprint density at radius 3 is 2.53 bits per heavy atom. The summed E-state index contributed by atoms with van der Waals surface area (Å²) in [6.07, 6.45) is 5.62. The smallest absolute Gasteiger partial charge is 0.244 e. The summed E-state index contributed by atoms with van der Waals surface area (Å²) in [6, 6.07) is 0. The number of aliphatic hydroxyl groups excluding tert-OH is 1. The predicted octanol–water partition coefficient (Wildman–Crippen LogP) is 1.79. The van der Waals surface area contributed by atoms with Crippen molar-refractivity contribution < 1.29 is 9.90 Å². The first-order valence-corrected chi connectivity index (χ1v) is 5.25. The first kappa shape index (κ1) is 13.9. The quantitative estimate of drug-likeness (QED) is 0.520. The molecule has 0 saturated heterocycles. The van der Waals surface area contributed by atoms with Crippen molar-refractivity contribution in [3.05, 3.63) is 23.3 Å². The van der Waals surface area contributed by atoms with E-state index in [0.717, 1.165) is 18.4 Å². The van der Waals surface area contributed by atoms with E-state index in [4.69, 9.17) is 5.11 Å². The summed E-state index contributed by atoms with van der Waals surface area (Å²) in [7, 11) is 0. The maximum absolute atomic E-state index is 11.2. The molecule has 0 atom stereocenters. The molecule has 0 unspecified atom stereocenters. The molecular formula is C12H21NO2. The Hall–Kier alpha value is -1.09. The van der Waals surface area contributed by atoms with Gasteiger partial charge < -0.3 is 10.4 Å². The van der Waals surface area contributed by atoms with Crippen molar-refractivity contribution in [3.8, 4) is 0 Å². The van der Waals surface area contributed by atoms with Crippen molar-refractivity contribution in [1.82, 2.24) is 5.32 Å². The van der Waals surface area contributed by atoms with Crippen LogP contribution < -0.4 is 5.32 Å². The van der Waals surface area contributed by atoms with Crippen molar-refractivity contribution in [3.63, 3.8) is 0 Å². The zero-order valence-corrected chi connectivity index (χ0v) is 9.84. The van der Waals surface area contributed by atoms with E-state index in [1.54, 1.807) is 6.08 Å². The molecule has 2 N–H and O–H groups in total. The SMILES string of the molecule is CC(C)=CCCC(C)=CC(=O)NCCO. The lowest BCUT2D eigenvalue weighted by atomic mass is 10.1. The monoisotopic (exact) mass is 211 g/mol. The van der Waals surface area contributed by atoms with Crippen molar-refractivity contribution in [2.75, 3.05) is 13.2 Å². The molecule has 0 aliphatic heterocycles. The van der Waals surface area contributed by atoms with E-state index in [9.17, 15) is 4.79 Å². The number of hydrogen-bond acceptors (Lipinski definition) is 2. The maximum atomic E-state index is 11.2. The summed E-state index contributed by atoms with van der Waals surface area (Å²) in [5, 5.41) is 11.1. The number of allylic oxidation sites excluding steroid dienone is 3. The second-order valence-corrected chi connectivity index (χ2v) is 3.83. The van der Waals surface area contributed by atoms with Crippen LogP contribution in [0.2, 0.25) is 0 Å². The number of carbonyl (C=O) groups excluding carboxylic acids is 1. The molecule has 0 saturated carbocycles. The Balaban J connectivity index is 3.87. The van der Waals surface area contributed by atoms with Crippen LogP contribution in [0.25, 0.3) is 0 Å². The summed E-state index contributed by atoms with van der Waals surface area (Å²) >= 11 is 0. The predicted molar refractivity (Wildman–Crippen MR) is 62.5 cm³/mol. The third-order valence-electron chi connectivity index (χ3n) is 1.88. The van der Waals surface area contributed by atoms with Gasteiger partial charge in [0.25, 0.3) is 0 Å². The molecule has 0 aromatic heterocycles. The van der Waals surface area contributed by atoms with E-state index >= 15 is 0 Å². The van der Waals surface area contributed by atoms with Gasteiger partial charge in [0.1, 0.15) is 0 Å². The fourth-order valence-electron chi connectivity index (χ4n) is 1.11. The first-order valence-electron chi connectivity index (χ1n) is 5.25. The summed E-state index contributed by atoms with van der Waals surface area (Å²) in [5.74, 6) is -0.126.